The number of aromatic amines is 1. The molecule has 8 heteroatoms. The number of fused-ring (bicyclic) bond motifs is 1. The van der Waals surface area contributed by atoms with Crippen molar-refractivity contribution in [2.24, 2.45) is 0 Å². The average Bonchev–Trinajstić information content (AvgIpc) is 3.34. The van der Waals surface area contributed by atoms with Gasteiger partial charge in [0.05, 0.1) is 5.56 Å². The minimum atomic E-state index is -0.418. The molecular weight excluding hydrogens is 360 g/mol. The Bertz CT molecular complexity index is 1040. The summed E-state index contributed by atoms with van der Waals surface area (Å²) in [7, 11) is 0. The number of amides is 2. The van der Waals surface area contributed by atoms with Crippen LogP contribution in [0.2, 0.25) is 0 Å². The Hall–Kier alpha value is -3.68. The van der Waals surface area contributed by atoms with Crippen LogP contribution in [0.3, 0.4) is 0 Å². The molecule has 1 aliphatic rings. The zero-order chi connectivity index (χ0) is 19.7. The number of nitrogens with one attached hydrogen (secondary N) is 3. The first-order valence-electron chi connectivity index (χ1n) is 8.87. The van der Waals surface area contributed by atoms with Gasteiger partial charge in [-0.25, -0.2) is 0 Å². The standard InChI is InChI=1S/C20H20N4O4/c1-12-10-15(19(25)22-23-20(26)16-4-3-7-21-16)13(2)24(12)14-5-6-17-18(11-14)28-9-8-27-17/h3-7,10-11,21H,8-9H2,1-2H3,(H,22,25)(H,23,26). The number of hydrogen-bond donors (Lipinski definition) is 3. The van der Waals surface area contributed by atoms with Crippen molar-refractivity contribution in [1.82, 2.24) is 20.4 Å². The molecule has 28 heavy (non-hydrogen) atoms. The van der Waals surface area contributed by atoms with Crippen LogP contribution in [-0.4, -0.2) is 34.6 Å². The molecule has 0 aliphatic carbocycles. The van der Waals surface area contributed by atoms with Crippen LogP contribution in [0, 0.1) is 13.8 Å². The predicted molar refractivity (Wildman–Crippen MR) is 102 cm³/mol. The summed E-state index contributed by atoms with van der Waals surface area (Å²) in [5.74, 6) is 0.582. The SMILES string of the molecule is Cc1cc(C(=O)NNC(=O)c2ccc[nH]2)c(C)n1-c1ccc2c(c1)OCCO2. The number of carbonyl (C=O) groups excluding carboxylic acids is 2. The Labute approximate surface area is 161 Å². The van der Waals surface area contributed by atoms with Gasteiger partial charge in [-0.2, -0.15) is 0 Å². The van der Waals surface area contributed by atoms with Crippen LogP contribution < -0.4 is 20.3 Å². The molecule has 1 aliphatic heterocycles. The number of ether oxygens (including phenoxy) is 2. The first kappa shape index (κ1) is 17.7. The molecule has 0 radical (unpaired) electrons. The van der Waals surface area contributed by atoms with Gasteiger partial charge in [-0.1, -0.05) is 0 Å². The molecule has 0 fully saturated rings. The van der Waals surface area contributed by atoms with Crippen LogP contribution >= 0.6 is 0 Å². The molecule has 0 saturated heterocycles. The molecule has 1 aromatic carbocycles. The van der Waals surface area contributed by atoms with E-state index >= 15 is 0 Å². The Balaban J connectivity index is 1.55. The molecule has 0 atom stereocenters. The largest absolute Gasteiger partial charge is 0.486 e. The maximum atomic E-state index is 12.6. The van der Waals surface area contributed by atoms with Crippen molar-refractivity contribution < 1.29 is 19.1 Å². The van der Waals surface area contributed by atoms with Gasteiger partial charge >= 0.3 is 0 Å². The lowest BCUT2D eigenvalue weighted by Crippen LogP contribution is -2.41. The third-order valence-corrected chi connectivity index (χ3v) is 4.59. The maximum absolute atomic E-state index is 12.6. The van der Waals surface area contributed by atoms with Crippen molar-refractivity contribution in [2.75, 3.05) is 13.2 Å². The highest BCUT2D eigenvalue weighted by molar-refractivity contribution is 5.99. The Morgan fingerprint density at radius 3 is 2.50 bits per heavy atom. The highest BCUT2D eigenvalue weighted by Gasteiger charge is 2.19. The Morgan fingerprint density at radius 2 is 1.75 bits per heavy atom. The van der Waals surface area contributed by atoms with Gasteiger partial charge in [0.2, 0.25) is 0 Å². The Morgan fingerprint density at radius 1 is 1.00 bits per heavy atom. The molecule has 2 aromatic heterocycles. The zero-order valence-electron chi connectivity index (χ0n) is 15.5. The van der Waals surface area contributed by atoms with E-state index in [0.717, 1.165) is 17.1 Å². The van der Waals surface area contributed by atoms with E-state index in [1.807, 2.05) is 36.6 Å². The molecule has 0 unspecified atom stereocenters. The van der Waals surface area contributed by atoms with E-state index in [-0.39, 0.29) is 0 Å². The number of aryl methyl sites for hydroxylation is 1. The third kappa shape index (κ3) is 3.20. The van der Waals surface area contributed by atoms with E-state index in [1.165, 1.54) is 0 Å². The van der Waals surface area contributed by atoms with Gasteiger partial charge in [0, 0.05) is 29.3 Å². The van der Waals surface area contributed by atoms with Gasteiger partial charge in [-0.05, 0) is 44.2 Å². The summed E-state index contributed by atoms with van der Waals surface area (Å²) in [5.41, 5.74) is 8.20. The molecule has 2 amide bonds. The summed E-state index contributed by atoms with van der Waals surface area (Å²) < 4.78 is 13.2. The van der Waals surface area contributed by atoms with Crippen LogP contribution in [0.15, 0.2) is 42.6 Å². The fourth-order valence-corrected chi connectivity index (χ4v) is 3.28. The lowest BCUT2D eigenvalue weighted by Gasteiger charge is -2.20. The topological polar surface area (TPSA) is 97.4 Å². The van der Waals surface area contributed by atoms with E-state index in [0.29, 0.717) is 36.0 Å². The molecule has 8 nitrogen and oxygen atoms in total. The third-order valence-electron chi connectivity index (χ3n) is 4.59. The van der Waals surface area contributed by atoms with E-state index in [1.54, 1.807) is 24.4 Å². The fraction of sp³-hybridized carbons (Fsp3) is 0.200. The van der Waals surface area contributed by atoms with Gasteiger partial charge in [-0.15, -0.1) is 0 Å². The highest BCUT2D eigenvalue weighted by atomic mass is 16.6. The normalized spacial score (nSPS) is 12.5. The number of hydrazine groups is 1. The van der Waals surface area contributed by atoms with E-state index < -0.39 is 11.8 Å². The minimum absolute atomic E-state index is 0.363. The zero-order valence-corrected chi connectivity index (χ0v) is 15.5. The summed E-state index contributed by atoms with van der Waals surface area (Å²) in [4.78, 5) is 27.3. The van der Waals surface area contributed by atoms with E-state index in [4.69, 9.17) is 9.47 Å². The first-order valence-corrected chi connectivity index (χ1v) is 8.87. The van der Waals surface area contributed by atoms with Crippen LogP contribution in [0.25, 0.3) is 5.69 Å². The predicted octanol–water partition coefficient (Wildman–Crippen LogP) is 2.27. The van der Waals surface area contributed by atoms with Gasteiger partial charge in [0.1, 0.15) is 18.9 Å². The number of aromatic nitrogens is 2. The summed E-state index contributed by atoms with van der Waals surface area (Å²) >= 11 is 0. The second-order valence-corrected chi connectivity index (χ2v) is 6.44. The average molecular weight is 380 g/mol. The summed E-state index contributed by atoms with van der Waals surface area (Å²) in [5, 5.41) is 0. The molecule has 0 bridgehead atoms. The van der Waals surface area contributed by atoms with Gasteiger partial charge in [-0.3, -0.25) is 20.4 Å². The maximum Gasteiger partial charge on any atom is 0.286 e. The first-order chi connectivity index (χ1) is 13.5. The summed E-state index contributed by atoms with van der Waals surface area (Å²) in [6, 6.07) is 10.8. The number of H-pyrrole nitrogens is 1. The number of rotatable bonds is 3. The van der Waals surface area contributed by atoms with Crippen molar-refractivity contribution >= 4 is 11.8 Å². The molecule has 4 rings (SSSR count). The molecule has 3 heterocycles. The monoisotopic (exact) mass is 380 g/mol. The Kier molecular flexibility index (Phi) is 4.52. The number of nitrogens with zero attached hydrogens (tertiary/aromatic N) is 1. The molecule has 144 valence electrons. The van der Waals surface area contributed by atoms with E-state index in [2.05, 4.69) is 15.8 Å². The molecule has 3 N–H and O–H groups in total. The number of benzene rings is 1. The molecular formula is C20H20N4O4. The van der Waals surface area contributed by atoms with Gasteiger partial charge in [0.25, 0.3) is 11.8 Å². The van der Waals surface area contributed by atoms with Crippen molar-refractivity contribution in [2.45, 2.75) is 13.8 Å². The van der Waals surface area contributed by atoms with Crippen LogP contribution in [0.1, 0.15) is 32.2 Å². The number of carbonyl (C=O) groups is 2. The second-order valence-electron chi connectivity index (χ2n) is 6.44. The summed E-state index contributed by atoms with van der Waals surface area (Å²) in [6.45, 7) is 4.81. The fourth-order valence-electron chi connectivity index (χ4n) is 3.28. The van der Waals surface area contributed by atoms with Gasteiger partial charge < -0.3 is 19.0 Å². The van der Waals surface area contributed by atoms with Crippen molar-refractivity contribution in [3.63, 3.8) is 0 Å². The molecule has 0 spiro atoms. The minimum Gasteiger partial charge on any atom is -0.486 e. The highest BCUT2D eigenvalue weighted by Crippen LogP contribution is 2.33. The lowest BCUT2D eigenvalue weighted by molar-refractivity contribution is 0.0844. The second kappa shape index (κ2) is 7.15. The van der Waals surface area contributed by atoms with E-state index in [9.17, 15) is 9.59 Å². The smallest absolute Gasteiger partial charge is 0.286 e. The van der Waals surface area contributed by atoms with Crippen LogP contribution in [0.4, 0.5) is 0 Å². The summed E-state index contributed by atoms with van der Waals surface area (Å²) in [6.07, 6.45) is 1.64. The van der Waals surface area contributed by atoms with Crippen LogP contribution in [-0.2, 0) is 0 Å². The quantitative estimate of drug-likeness (QED) is 0.607. The molecule has 3 aromatic rings. The van der Waals surface area contributed by atoms with Crippen molar-refractivity contribution in [3.05, 3.63) is 65.2 Å². The number of hydrogen-bond acceptors (Lipinski definition) is 4. The molecule has 0 saturated carbocycles. The van der Waals surface area contributed by atoms with Crippen molar-refractivity contribution in [1.29, 1.82) is 0 Å². The van der Waals surface area contributed by atoms with Gasteiger partial charge in [0.15, 0.2) is 11.5 Å². The lowest BCUT2D eigenvalue weighted by atomic mass is 10.2. The van der Waals surface area contributed by atoms with Crippen molar-refractivity contribution in [3.8, 4) is 17.2 Å². The van der Waals surface area contributed by atoms with Crippen LogP contribution in [0.5, 0.6) is 11.5 Å².